The predicted molar refractivity (Wildman–Crippen MR) is 151 cm³/mol. The van der Waals surface area contributed by atoms with Crippen LogP contribution in [0, 0.1) is 0 Å². The van der Waals surface area contributed by atoms with Gasteiger partial charge in [0.1, 0.15) is 11.2 Å². The predicted octanol–water partition coefficient (Wildman–Crippen LogP) is 5.24. The maximum Gasteiger partial charge on any atom is 0.344 e. The standard InChI is InChI=1S/C29H36N2O6S/c1-6-35-27(34)24-25(33)23(38-26(24)31-20-10-8-7-9-11-20)17-19-12-13-22(21(32)16-19)37-28(2,3)14-15-36-29(4,5)18-30/h7-13,16-17,31-32H,6,14-15,18,30H2,1-5H3/b23-17-. The number of rotatable bonds is 12. The number of esters is 1. The zero-order valence-corrected chi connectivity index (χ0v) is 23.3. The number of hydrogen-bond acceptors (Lipinski definition) is 9. The van der Waals surface area contributed by atoms with E-state index in [1.165, 1.54) is 6.07 Å². The summed E-state index contributed by atoms with van der Waals surface area (Å²) in [6, 6.07) is 14.2. The summed E-state index contributed by atoms with van der Waals surface area (Å²) in [6.07, 6.45) is 2.22. The molecule has 3 rings (SSSR count). The number of para-hydroxylation sites is 1. The fourth-order valence-electron chi connectivity index (χ4n) is 3.50. The normalized spacial score (nSPS) is 15.2. The molecule has 1 heterocycles. The molecule has 204 valence electrons. The highest BCUT2D eigenvalue weighted by atomic mass is 32.2. The zero-order chi connectivity index (χ0) is 27.9. The molecular weight excluding hydrogens is 504 g/mol. The molecule has 1 aliphatic heterocycles. The van der Waals surface area contributed by atoms with Crippen LogP contribution in [0.5, 0.6) is 11.5 Å². The Morgan fingerprint density at radius 3 is 2.45 bits per heavy atom. The van der Waals surface area contributed by atoms with Gasteiger partial charge >= 0.3 is 5.97 Å². The number of ether oxygens (including phenoxy) is 3. The van der Waals surface area contributed by atoms with Gasteiger partial charge in [-0.05, 0) is 70.5 Å². The molecule has 0 aliphatic carbocycles. The van der Waals surface area contributed by atoms with Crippen LogP contribution in [0.1, 0.15) is 46.6 Å². The van der Waals surface area contributed by atoms with Gasteiger partial charge in [0.25, 0.3) is 0 Å². The fraction of sp³-hybridized carbons (Fsp3) is 0.379. The second-order valence-corrected chi connectivity index (χ2v) is 11.1. The summed E-state index contributed by atoms with van der Waals surface area (Å²) in [6.45, 7) is 10.4. The third-order valence-corrected chi connectivity index (χ3v) is 6.79. The Kier molecular flexibility index (Phi) is 9.65. The van der Waals surface area contributed by atoms with Gasteiger partial charge in [-0.1, -0.05) is 36.0 Å². The molecule has 0 spiro atoms. The smallest absolute Gasteiger partial charge is 0.344 e. The average molecular weight is 541 g/mol. The molecule has 0 saturated heterocycles. The molecule has 0 atom stereocenters. The number of nitrogens with one attached hydrogen (secondary N) is 1. The highest BCUT2D eigenvalue weighted by Gasteiger charge is 2.35. The van der Waals surface area contributed by atoms with E-state index in [2.05, 4.69) is 5.32 Å². The number of hydrogen-bond donors (Lipinski definition) is 3. The molecule has 8 nitrogen and oxygen atoms in total. The summed E-state index contributed by atoms with van der Waals surface area (Å²) in [5, 5.41) is 14.2. The molecule has 0 radical (unpaired) electrons. The first-order valence-corrected chi connectivity index (χ1v) is 13.3. The minimum atomic E-state index is -0.681. The van der Waals surface area contributed by atoms with Gasteiger partial charge in [-0.2, -0.15) is 0 Å². The van der Waals surface area contributed by atoms with E-state index in [0.29, 0.717) is 40.8 Å². The van der Waals surface area contributed by atoms with Crippen molar-refractivity contribution in [2.24, 2.45) is 5.73 Å². The number of allylic oxidation sites excluding steroid dienone is 1. The number of phenolic OH excluding ortho intramolecular Hbond substituents is 1. The summed E-state index contributed by atoms with van der Waals surface area (Å²) in [7, 11) is 0. The molecule has 1 aliphatic rings. The Hall–Kier alpha value is -3.27. The number of thioether (sulfide) groups is 1. The van der Waals surface area contributed by atoms with Crippen molar-refractivity contribution in [1.82, 2.24) is 0 Å². The van der Waals surface area contributed by atoms with Gasteiger partial charge < -0.3 is 30.4 Å². The molecule has 2 aromatic carbocycles. The van der Waals surface area contributed by atoms with Crippen LogP contribution in [0.3, 0.4) is 0 Å². The van der Waals surface area contributed by atoms with Crippen LogP contribution in [0.2, 0.25) is 0 Å². The highest BCUT2D eigenvalue weighted by molar-refractivity contribution is 8.08. The number of Topliss-reactive ketones (excluding diaryl/α,β-unsaturated/α-hetero) is 1. The second kappa shape index (κ2) is 12.5. The zero-order valence-electron chi connectivity index (χ0n) is 22.5. The van der Waals surface area contributed by atoms with Gasteiger partial charge in [0.05, 0.1) is 28.7 Å². The van der Waals surface area contributed by atoms with Gasteiger partial charge in [-0.15, -0.1) is 0 Å². The van der Waals surface area contributed by atoms with E-state index in [0.717, 1.165) is 17.4 Å². The van der Waals surface area contributed by atoms with Crippen molar-refractivity contribution in [3.8, 4) is 11.5 Å². The van der Waals surface area contributed by atoms with Crippen molar-refractivity contribution in [1.29, 1.82) is 0 Å². The number of phenols is 1. The van der Waals surface area contributed by atoms with E-state index in [1.54, 1.807) is 25.1 Å². The minimum Gasteiger partial charge on any atom is -0.504 e. The first-order chi connectivity index (χ1) is 17.9. The summed E-state index contributed by atoms with van der Waals surface area (Å²) in [5.41, 5.74) is 5.98. The van der Waals surface area contributed by atoms with Gasteiger partial charge in [0.15, 0.2) is 11.5 Å². The van der Waals surface area contributed by atoms with Crippen molar-refractivity contribution >= 4 is 35.3 Å². The molecule has 0 unspecified atom stereocenters. The largest absolute Gasteiger partial charge is 0.504 e. The highest BCUT2D eigenvalue weighted by Crippen LogP contribution is 2.41. The van der Waals surface area contributed by atoms with Crippen LogP contribution in [-0.2, 0) is 19.1 Å². The minimum absolute atomic E-state index is 0.0436. The van der Waals surface area contributed by atoms with Gasteiger partial charge in [-0.25, -0.2) is 4.79 Å². The molecule has 0 amide bonds. The first-order valence-electron chi connectivity index (χ1n) is 12.5. The van der Waals surface area contributed by atoms with E-state index in [1.807, 2.05) is 58.0 Å². The van der Waals surface area contributed by atoms with Crippen molar-refractivity contribution in [2.45, 2.75) is 52.2 Å². The molecule has 0 saturated carbocycles. The topological polar surface area (TPSA) is 120 Å². The van der Waals surface area contributed by atoms with Gasteiger partial charge in [-0.3, -0.25) is 4.79 Å². The summed E-state index contributed by atoms with van der Waals surface area (Å²) in [5.74, 6) is -0.864. The number of carbonyl (C=O) groups is 2. The van der Waals surface area contributed by atoms with Crippen LogP contribution >= 0.6 is 11.8 Å². The molecule has 0 fully saturated rings. The maximum absolute atomic E-state index is 13.2. The maximum atomic E-state index is 13.2. The quantitative estimate of drug-likeness (QED) is 0.189. The lowest BCUT2D eigenvalue weighted by atomic mass is 10.0. The molecule has 9 heteroatoms. The van der Waals surface area contributed by atoms with Crippen molar-refractivity contribution in [3.63, 3.8) is 0 Å². The van der Waals surface area contributed by atoms with Crippen molar-refractivity contribution in [3.05, 3.63) is 69.6 Å². The Bertz CT molecular complexity index is 1220. The van der Waals surface area contributed by atoms with E-state index < -0.39 is 23.0 Å². The van der Waals surface area contributed by atoms with Crippen LogP contribution in [0.15, 0.2) is 64.0 Å². The average Bonchev–Trinajstić information content (AvgIpc) is 3.15. The van der Waals surface area contributed by atoms with Crippen LogP contribution < -0.4 is 15.8 Å². The molecule has 0 aromatic heterocycles. The third-order valence-electron chi connectivity index (χ3n) is 5.76. The SMILES string of the molecule is CCOC(=O)C1=C(Nc2ccccc2)S/C(=C\c2ccc(OC(C)(C)CCOC(C)(C)CN)c(O)c2)C1=O. The van der Waals surface area contributed by atoms with Crippen molar-refractivity contribution in [2.75, 3.05) is 25.1 Å². The fourth-order valence-corrected chi connectivity index (χ4v) is 4.56. The Morgan fingerprint density at radius 1 is 1.11 bits per heavy atom. The van der Waals surface area contributed by atoms with Crippen LogP contribution in [-0.4, -0.2) is 47.8 Å². The lowest BCUT2D eigenvalue weighted by Gasteiger charge is -2.29. The van der Waals surface area contributed by atoms with E-state index in [-0.39, 0.29) is 17.9 Å². The third kappa shape index (κ3) is 7.86. The molecule has 0 bridgehead atoms. The number of anilines is 1. The number of carbonyl (C=O) groups excluding carboxylic acids is 2. The number of aromatic hydroxyl groups is 1. The van der Waals surface area contributed by atoms with Crippen LogP contribution in [0.4, 0.5) is 5.69 Å². The van der Waals surface area contributed by atoms with E-state index >= 15 is 0 Å². The second-order valence-electron chi connectivity index (χ2n) is 10.0. The lowest BCUT2D eigenvalue weighted by molar-refractivity contribution is -0.139. The van der Waals surface area contributed by atoms with Crippen LogP contribution in [0.25, 0.3) is 6.08 Å². The van der Waals surface area contributed by atoms with E-state index in [9.17, 15) is 14.7 Å². The van der Waals surface area contributed by atoms with E-state index in [4.69, 9.17) is 19.9 Å². The first kappa shape index (κ1) is 29.3. The summed E-state index contributed by atoms with van der Waals surface area (Å²) in [4.78, 5) is 26.1. The number of benzene rings is 2. The molecular formula is C29H36N2O6S. The monoisotopic (exact) mass is 540 g/mol. The Labute approximate surface area is 228 Å². The van der Waals surface area contributed by atoms with Crippen molar-refractivity contribution < 1.29 is 28.9 Å². The lowest BCUT2D eigenvalue weighted by Crippen LogP contribution is -2.37. The molecule has 2 aromatic rings. The number of nitrogens with two attached hydrogens (primary N) is 1. The Morgan fingerprint density at radius 2 is 1.82 bits per heavy atom. The summed E-state index contributed by atoms with van der Waals surface area (Å²) >= 11 is 1.15. The molecule has 38 heavy (non-hydrogen) atoms. The summed E-state index contributed by atoms with van der Waals surface area (Å²) < 4.78 is 17.0. The Balaban J connectivity index is 1.75. The van der Waals surface area contributed by atoms with Gasteiger partial charge in [0.2, 0.25) is 5.78 Å². The number of ketones is 1. The van der Waals surface area contributed by atoms with Gasteiger partial charge in [0, 0.05) is 18.7 Å². The molecule has 4 N–H and O–H groups in total.